The van der Waals surface area contributed by atoms with Crippen molar-refractivity contribution in [1.82, 2.24) is 24.5 Å². The summed E-state index contributed by atoms with van der Waals surface area (Å²) >= 11 is 1.25. The molecule has 0 unspecified atom stereocenters. The monoisotopic (exact) mass is 395 g/mol. The number of nitrogens with zero attached hydrogens (tertiary/aromatic N) is 4. The van der Waals surface area contributed by atoms with Crippen LogP contribution in [0.25, 0.3) is 16.7 Å². The Balaban J connectivity index is 1.63. The van der Waals surface area contributed by atoms with Crippen molar-refractivity contribution in [3.63, 3.8) is 0 Å². The molecule has 1 N–H and O–H groups in total. The Hall–Kier alpha value is -3.33. The topological polar surface area (TPSA) is 94.4 Å². The van der Waals surface area contributed by atoms with E-state index in [-0.39, 0.29) is 17.2 Å². The molecule has 0 spiro atoms. The van der Waals surface area contributed by atoms with Gasteiger partial charge in [0.2, 0.25) is 11.7 Å². The summed E-state index contributed by atoms with van der Waals surface area (Å²) in [4.78, 5) is 24.9. The van der Waals surface area contributed by atoms with Gasteiger partial charge in [-0.2, -0.15) is 0 Å². The molecule has 3 aromatic heterocycles. The average Bonchev–Trinajstić information content (AvgIpc) is 3.38. The van der Waals surface area contributed by atoms with Crippen molar-refractivity contribution in [2.75, 3.05) is 5.75 Å². The lowest BCUT2D eigenvalue weighted by atomic mass is 10.2. The molecule has 8 nitrogen and oxygen atoms in total. The highest BCUT2D eigenvalue weighted by atomic mass is 32.2. The quantitative estimate of drug-likeness (QED) is 0.381. The zero-order chi connectivity index (χ0) is 19.5. The normalized spacial score (nSPS) is 11.1. The van der Waals surface area contributed by atoms with Gasteiger partial charge in [0.15, 0.2) is 5.16 Å². The fourth-order valence-corrected chi connectivity index (χ4v) is 3.67. The Morgan fingerprint density at radius 1 is 1.25 bits per heavy atom. The minimum Gasteiger partial charge on any atom is -0.467 e. The molecule has 1 aromatic carbocycles. The summed E-state index contributed by atoms with van der Waals surface area (Å²) in [5, 5.41) is 12.3. The van der Waals surface area contributed by atoms with E-state index in [2.05, 4.69) is 22.1 Å². The number of benzene rings is 1. The summed E-state index contributed by atoms with van der Waals surface area (Å²) in [5.74, 6) is 1.12. The van der Waals surface area contributed by atoms with Crippen molar-refractivity contribution in [3.05, 3.63) is 71.4 Å². The Labute approximate surface area is 163 Å². The van der Waals surface area contributed by atoms with Crippen LogP contribution in [0.5, 0.6) is 0 Å². The number of furan rings is 1. The number of fused-ring (bicyclic) bond motifs is 3. The van der Waals surface area contributed by atoms with E-state index >= 15 is 0 Å². The lowest BCUT2D eigenvalue weighted by molar-refractivity contribution is -0.118. The predicted octanol–water partition coefficient (Wildman–Crippen LogP) is 2.23. The van der Waals surface area contributed by atoms with Crippen LogP contribution < -0.4 is 10.9 Å². The molecule has 0 aliphatic carbocycles. The van der Waals surface area contributed by atoms with Gasteiger partial charge in [-0.05, 0) is 24.3 Å². The minimum atomic E-state index is -0.151. The number of thioether (sulfide) groups is 1. The van der Waals surface area contributed by atoms with Crippen LogP contribution in [0.15, 0.2) is 69.7 Å². The van der Waals surface area contributed by atoms with Gasteiger partial charge in [-0.25, -0.2) is 0 Å². The van der Waals surface area contributed by atoms with Crippen molar-refractivity contribution >= 4 is 34.3 Å². The third kappa shape index (κ3) is 3.31. The molecule has 0 aliphatic heterocycles. The molecule has 28 heavy (non-hydrogen) atoms. The molecule has 0 fully saturated rings. The molecular weight excluding hydrogens is 378 g/mol. The van der Waals surface area contributed by atoms with Crippen LogP contribution in [-0.2, 0) is 17.9 Å². The van der Waals surface area contributed by atoms with Crippen LogP contribution in [0.2, 0.25) is 0 Å². The van der Waals surface area contributed by atoms with E-state index in [1.807, 2.05) is 18.2 Å². The summed E-state index contributed by atoms with van der Waals surface area (Å²) in [6.45, 7) is 4.36. The second kappa shape index (κ2) is 7.73. The van der Waals surface area contributed by atoms with E-state index in [1.54, 1.807) is 34.9 Å². The van der Waals surface area contributed by atoms with Crippen LogP contribution in [0.1, 0.15) is 5.76 Å². The van der Waals surface area contributed by atoms with E-state index in [1.165, 1.54) is 16.3 Å². The molecule has 9 heteroatoms. The van der Waals surface area contributed by atoms with E-state index in [9.17, 15) is 9.59 Å². The first-order valence-corrected chi connectivity index (χ1v) is 9.57. The third-order valence-corrected chi connectivity index (χ3v) is 5.09. The summed E-state index contributed by atoms with van der Waals surface area (Å²) < 4.78 is 8.51. The number of hydrogen-bond acceptors (Lipinski definition) is 6. The van der Waals surface area contributed by atoms with Crippen molar-refractivity contribution in [2.45, 2.75) is 18.2 Å². The van der Waals surface area contributed by atoms with Crippen molar-refractivity contribution in [1.29, 1.82) is 0 Å². The van der Waals surface area contributed by atoms with E-state index in [4.69, 9.17) is 4.42 Å². The van der Waals surface area contributed by atoms with Gasteiger partial charge in [-0.3, -0.25) is 18.6 Å². The number of aromatic nitrogens is 4. The maximum atomic E-state index is 12.8. The molecule has 1 amide bonds. The number of carbonyl (C=O) groups excluding carboxylic acids is 1. The lowest BCUT2D eigenvalue weighted by Crippen LogP contribution is -2.24. The predicted molar refractivity (Wildman–Crippen MR) is 106 cm³/mol. The molecule has 4 aromatic rings. The van der Waals surface area contributed by atoms with Crippen LogP contribution in [-0.4, -0.2) is 30.8 Å². The van der Waals surface area contributed by atoms with Crippen molar-refractivity contribution in [2.24, 2.45) is 0 Å². The maximum absolute atomic E-state index is 12.8. The molecule has 0 bridgehead atoms. The van der Waals surface area contributed by atoms with Crippen LogP contribution >= 0.6 is 11.8 Å². The second-order valence-corrected chi connectivity index (χ2v) is 6.93. The standard InChI is InChI=1S/C19H17N5O3S/c1-2-9-23-17(26)14-7-3-4-8-15(14)24-18(23)21-22-19(24)28-12-16(25)20-11-13-6-5-10-27-13/h2-8,10H,1,9,11-12H2,(H,20,25). The number of carbonyl (C=O) groups is 1. The number of rotatable bonds is 7. The molecule has 0 aliphatic rings. The fourth-order valence-electron chi connectivity index (χ4n) is 2.90. The summed E-state index contributed by atoms with van der Waals surface area (Å²) in [7, 11) is 0. The highest BCUT2D eigenvalue weighted by Gasteiger charge is 2.17. The molecule has 0 radical (unpaired) electrons. The summed E-state index contributed by atoms with van der Waals surface area (Å²) in [5.41, 5.74) is 0.550. The Bertz CT molecular complexity index is 1210. The van der Waals surface area contributed by atoms with Gasteiger partial charge >= 0.3 is 0 Å². The first-order chi connectivity index (χ1) is 13.7. The molecule has 0 atom stereocenters. The van der Waals surface area contributed by atoms with Gasteiger partial charge in [0.05, 0.1) is 29.5 Å². The van der Waals surface area contributed by atoms with Gasteiger partial charge in [0.25, 0.3) is 5.56 Å². The number of nitrogens with one attached hydrogen (secondary N) is 1. The number of allylic oxidation sites excluding steroid dienone is 1. The van der Waals surface area contributed by atoms with Gasteiger partial charge in [-0.1, -0.05) is 30.0 Å². The van der Waals surface area contributed by atoms with Gasteiger partial charge in [-0.15, -0.1) is 16.8 Å². The molecule has 3 heterocycles. The zero-order valence-electron chi connectivity index (χ0n) is 14.9. The Morgan fingerprint density at radius 2 is 2.11 bits per heavy atom. The Morgan fingerprint density at radius 3 is 2.89 bits per heavy atom. The average molecular weight is 395 g/mol. The van der Waals surface area contributed by atoms with Crippen molar-refractivity contribution in [3.8, 4) is 0 Å². The molecule has 0 saturated carbocycles. The smallest absolute Gasteiger partial charge is 0.263 e. The zero-order valence-corrected chi connectivity index (χ0v) is 15.7. The van der Waals surface area contributed by atoms with E-state index in [0.29, 0.717) is 40.7 Å². The Kier molecular flexibility index (Phi) is 4.98. The van der Waals surface area contributed by atoms with Gasteiger partial charge in [0, 0.05) is 6.54 Å². The molecule has 0 saturated heterocycles. The summed E-state index contributed by atoms with van der Waals surface area (Å²) in [6.07, 6.45) is 3.20. The van der Waals surface area contributed by atoms with Gasteiger partial charge < -0.3 is 9.73 Å². The first kappa shape index (κ1) is 18.1. The van der Waals surface area contributed by atoms with E-state index in [0.717, 1.165) is 0 Å². The lowest BCUT2D eigenvalue weighted by Gasteiger charge is -2.09. The third-order valence-electron chi connectivity index (χ3n) is 4.16. The minimum absolute atomic E-state index is 0.150. The highest BCUT2D eigenvalue weighted by Crippen LogP contribution is 2.21. The van der Waals surface area contributed by atoms with Crippen LogP contribution in [0.3, 0.4) is 0 Å². The molecular formula is C19H17N5O3S. The number of amides is 1. The van der Waals surface area contributed by atoms with Crippen LogP contribution in [0, 0.1) is 0 Å². The number of para-hydroxylation sites is 1. The first-order valence-electron chi connectivity index (χ1n) is 8.58. The fraction of sp³-hybridized carbons (Fsp3) is 0.158. The second-order valence-electron chi connectivity index (χ2n) is 5.98. The van der Waals surface area contributed by atoms with Crippen LogP contribution in [0.4, 0.5) is 0 Å². The molecule has 142 valence electrons. The maximum Gasteiger partial charge on any atom is 0.263 e. The summed E-state index contributed by atoms with van der Waals surface area (Å²) in [6, 6.07) is 10.8. The molecule has 4 rings (SSSR count). The van der Waals surface area contributed by atoms with Gasteiger partial charge in [0.1, 0.15) is 5.76 Å². The largest absolute Gasteiger partial charge is 0.467 e. The van der Waals surface area contributed by atoms with Crippen molar-refractivity contribution < 1.29 is 9.21 Å². The highest BCUT2D eigenvalue weighted by molar-refractivity contribution is 7.99. The van der Waals surface area contributed by atoms with E-state index < -0.39 is 0 Å². The SMILES string of the molecule is C=CCn1c(=O)c2ccccc2n2c(SCC(=O)NCc3ccco3)nnc12. The number of hydrogen-bond donors (Lipinski definition) is 1.